The smallest absolute Gasteiger partial charge is 0.326 e. The standard InChI is InChI=1S/C22H39NO2S/c1-3-5-7-9-11-13-17-23(18-14-12-10-8-6-4-2)21(22(24)25)20-16-15-19-26-20/h15-16,19,21H,3-14,17-18H2,1-2H3,(H,24,25). The van der Waals surface area contributed by atoms with Gasteiger partial charge in [0, 0.05) is 4.88 Å². The zero-order valence-corrected chi connectivity index (χ0v) is 17.7. The molecule has 1 atom stereocenters. The van der Waals surface area contributed by atoms with E-state index in [1.165, 1.54) is 64.2 Å². The Bertz CT molecular complexity index is 431. The van der Waals surface area contributed by atoms with Gasteiger partial charge in [-0.25, -0.2) is 0 Å². The number of thiophene rings is 1. The largest absolute Gasteiger partial charge is 0.480 e. The molecule has 0 spiro atoms. The van der Waals surface area contributed by atoms with Crippen LogP contribution in [-0.2, 0) is 4.79 Å². The second-order valence-electron chi connectivity index (χ2n) is 7.33. The third-order valence-corrected chi connectivity index (χ3v) is 5.93. The van der Waals surface area contributed by atoms with Crippen molar-refractivity contribution in [1.29, 1.82) is 0 Å². The highest BCUT2D eigenvalue weighted by Gasteiger charge is 2.27. The zero-order chi connectivity index (χ0) is 19.0. The molecule has 1 aromatic heterocycles. The Labute approximate surface area is 164 Å². The highest BCUT2D eigenvalue weighted by atomic mass is 32.1. The Morgan fingerprint density at radius 2 is 1.42 bits per heavy atom. The number of nitrogens with zero attached hydrogens (tertiary/aromatic N) is 1. The van der Waals surface area contributed by atoms with E-state index in [2.05, 4.69) is 18.7 Å². The Balaban J connectivity index is 2.51. The summed E-state index contributed by atoms with van der Waals surface area (Å²) in [5.41, 5.74) is 0. The van der Waals surface area contributed by atoms with E-state index in [4.69, 9.17) is 0 Å². The van der Waals surface area contributed by atoms with E-state index in [1.807, 2.05) is 17.5 Å². The lowest BCUT2D eigenvalue weighted by atomic mass is 10.1. The molecule has 150 valence electrons. The van der Waals surface area contributed by atoms with Crippen molar-refractivity contribution in [2.75, 3.05) is 13.1 Å². The molecule has 0 saturated carbocycles. The molecule has 4 heteroatoms. The molecule has 26 heavy (non-hydrogen) atoms. The van der Waals surface area contributed by atoms with Gasteiger partial charge in [-0.1, -0.05) is 84.1 Å². The molecule has 1 N–H and O–H groups in total. The Hall–Kier alpha value is -0.870. The van der Waals surface area contributed by atoms with E-state index in [1.54, 1.807) is 11.3 Å². The first kappa shape index (κ1) is 23.2. The Morgan fingerprint density at radius 1 is 0.923 bits per heavy atom. The second-order valence-corrected chi connectivity index (χ2v) is 8.31. The maximum atomic E-state index is 12.0. The molecule has 1 rings (SSSR count). The summed E-state index contributed by atoms with van der Waals surface area (Å²) in [5, 5.41) is 11.8. The zero-order valence-electron chi connectivity index (χ0n) is 16.9. The first-order valence-corrected chi connectivity index (χ1v) is 11.6. The van der Waals surface area contributed by atoms with Gasteiger partial charge in [-0.3, -0.25) is 9.69 Å². The van der Waals surface area contributed by atoms with E-state index >= 15 is 0 Å². The third kappa shape index (κ3) is 9.72. The van der Waals surface area contributed by atoms with Crippen LogP contribution in [-0.4, -0.2) is 29.1 Å². The summed E-state index contributed by atoms with van der Waals surface area (Å²) in [6.45, 7) is 6.27. The minimum absolute atomic E-state index is 0.471. The van der Waals surface area contributed by atoms with Gasteiger partial charge in [0.2, 0.25) is 0 Å². The van der Waals surface area contributed by atoms with Gasteiger partial charge in [0.25, 0.3) is 0 Å². The molecular formula is C22H39NO2S. The van der Waals surface area contributed by atoms with Crippen LogP contribution in [0, 0.1) is 0 Å². The van der Waals surface area contributed by atoms with Crippen molar-refractivity contribution in [3.05, 3.63) is 22.4 Å². The maximum absolute atomic E-state index is 12.0. The van der Waals surface area contributed by atoms with Crippen LogP contribution in [0.4, 0.5) is 0 Å². The van der Waals surface area contributed by atoms with E-state index in [-0.39, 0.29) is 0 Å². The number of rotatable bonds is 17. The van der Waals surface area contributed by atoms with E-state index in [0.29, 0.717) is 0 Å². The van der Waals surface area contributed by atoms with Gasteiger partial charge in [-0.15, -0.1) is 11.3 Å². The molecule has 0 aliphatic carbocycles. The lowest BCUT2D eigenvalue weighted by Gasteiger charge is -2.28. The SMILES string of the molecule is CCCCCCCCN(CCCCCCCC)C(C(=O)O)c1cccs1. The van der Waals surface area contributed by atoms with E-state index in [9.17, 15) is 9.90 Å². The van der Waals surface area contributed by atoms with Crippen LogP contribution in [0.25, 0.3) is 0 Å². The fourth-order valence-electron chi connectivity index (χ4n) is 3.47. The van der Waals surface area contributed by atoms with Crippen LogP contribution in [0.3, 0.4) is 0 Å². The summed E-state index contributed by atoms with van der Waals surface area (Å²) in [4.78, 5) is 15.1. The van der Waals surface area contributed by atoms with Crippen LogP contribution >= 0.6 is 11.3 Å². The Kier molecular flexibility index (Phi) is 13.6. The fraction of sp³-hybridized carbons (Fsp3) is 0.773. The molecule has 0 aromatic carbocycles. The molecule has 0 aliphatic rings. The summed E-state index contributed by atoms with van der Waals surface area (Å²) in [6, 6.07) is 3.46. The number of carbonyl (C=O) groups is 1. The third-order valence-electron chi connectivity index (χ3n) is 5.01. The van der Waals surface area contributed by atoms with Crippen molar-refractivity contribution < 1.29 is 9.90 Å². The summed E-state index contributed by atoms with van der Waals surface area (Å²) in [5.74, 6) is -0.704. The number of carboxylic acids is 1. The number of hydrogen-bond donors (Lipinski definition) is 1. The van der Waals surface area contributed by atoms with Gasteiger partial charge in [0.1, 0.15) is 6.04 Å². The van der Waals surface area contributed by atoms with Crippen LogP contribution < -0.4 is 0 Å². The second kappa shape index (κ2) is 15.2. The topological polar surface area (TPSA) is 40.5 Å². The maximum Gasteiger partial charge on any atom is 0.326 e. The molecule has 1 aromatic rings. The number of hydrogen-bond acceptors (Lipinski definition) is 3. The number of aliphatic carboxylic acids is 1. The normalized spacial score (nSPS) is 12.6. The number of carboxylic acid groups (broad SMARTS) is 1. The summed E-state index contributed by atoms with van der Waals surface area (Å²) >= 11 is 1.57. The van der Waals surface area contributed by atoms with Gasteiger partial charge >= 0.3 is 5.97 Å². The number of unbranched alkanes of at least 4 members (excludes halogenated alkanes) is 10. The highest BCUT2D eigenvalue weighted by Crippen LogP contribution is 2.26. The summed E-state index contributed by atoms with van der Waals surface area (Å²) in [7, 11) is 0. The molecule has 0 aliphatic heterocycles. The quantitative estimate of drug-likeness (QED) is 0.298. The van der Waals surface area contributed by atoms with Gasteiger partial charge in [-0.05, 0) is 37.4 Å². The summed E-state index contributed by atoms with van der Waals surface area (Å²) < 4.78 is 0. The van der Waals surface area contributed by atoms with Crippen LogP contribution in [0.15, 0.2) is 17.5 Å². The summed E-state index contributed by atoms with van der Waals surface area (Å²) in [6.07, 6.45) is 15.0. The Morgan fingerprint density at radius 3 is 1.85 bits per heavy atom. The van der Waals surface area contributed by atoms with Crippen molar-refractivity contribution in [3.63, 3.8) is 0 Å². The average molecular weight is 382 g/mol. The lowest BCUT2D eigenvalue weighted by Crippen LogP contribution is -2.35. The van der Waals surface area contributed by atoms with Gasteiger partial charge in [0.15, 0.2) is 0 Å². The van der Waals surface area contributed by atoms with Crippen LogP contribution in [0.5, 0.6) is 0 Å². The van der Waals surface area contributed by atoms with Gasteiger partial charge in [-0.2, -0.15) is 0 Å². The monoisotopic (exact) mass is 381 g/mol. The first-order valence-electron chi connectivity index (χ1n) is 10.7. The molecule has 1 unspecified atom stereocenters. The predicted molar refractivity (Wildman–Crippen MR) is 113 cm³/mol. The fourth-order valence-corrected chi connectivity index (χ4v) is 4.32. The minimum atomic E-state index is -0.704. The molecule has 0 amide bonds. The van der Waals surface area contributed by atoms with Crippen molar-refractivity contribution in [1.82, 2.24) is 4.90 Å². The van der Waals surface area contributed by atoms with Gasteiger partial charge < -0.3 is 5.11 Å². The lowest BCUT2D eigenvalue weighted by molar-refractivity contribution is -0.143. The van der Waals surface area contributed by atoms with E-state index < -0.39 is 12.0 Å². The molecule has 0 saturated heterocycles. The average Bonchev–Trinajstić information content (AvgIpc) is 3.14. The molecule has 0 fully saturated rings. The van der Waals surface area contributed by atoms with E-state index in [0.717, 1.165) is 30.8 Å². The van der Waals surface area contributed by atoms with Gasteiger partial charge in [0.05, 0.1) is 0 Å². The van der Waals surface area contributed by atoms with Crippen molar-refractivity contribution in [2.24, 2.45) is 0 Å². The minimum Gasteiger partial charge on any atom is -0.480 e. The van der Waals surface area contributed by atoms with Crippen molar-refractivity contribution in [2.45, 2.75) is 96.9 Å². The predicted octanol–water partition coefficient (Wildman–Crippen LogP) is 6.90. The molecule has 0 bridgehead atoms. The van der Waals surface area contributed by atoms with Crippen molar-refractivity contribution >= 4 is 17.3 Å². The van der Waals surface area contributed by atoms with Crippen LogP contribution in [0.2, 0.25) is 0 Å². The molecule has 1 heterocycles. The molecular weight excluding hydrogens is 342 g/mol. The molecule has 3 nitrogen and oxygen atoms in total. The highest BCUT2D eigenvalue weighted by molar-refractivity contribution is 7.10. The molecule has 0 radical (unpaired) electrons. The van der Waals surface area contributed by atoms with Crippen LogP contribution in [0.1, 0.15) is 102 Å². The first-order chi connectivity index (χ1) is 12.7. The van der Waals surface area contributed by atoms with Crippen molar-refractivity contribution in [3.8, 4) is 0 Å².